The van der Waals surface area contributed by atoms with Gasteiger partial charge in [0.15, 0.2) is 0 Å². The minimum absolute atomic E-state index is 0.0550. The van der Waals surface area contributed by atoms with Gasteiger partial charge in [0.25, 0.3) is 0 Å². The molecule has 0 saturated heterocycles. The molecule has 0 radical (unpaired) electrons. The standard InChI is InChI=1S/C16H11F3N2O2/c17-16(18,19)15(23-14-10-20-7-8-21-14)12-5-2-1-4-11(12)13-6-3-9-22-13/h1-10,15H. The van der Waals surface area contributed by atoms with Crippen molar-refractivity contribution < 1.29 is 22.3 Å². The summed E-state index contributed by atoms with van der Waals surface area (Å²) in [6.45, 7) is 0. The quantitative estimate of drug-likeness (QED) is 0.714. The topological polar surface area (TPSA) is 48.2 Å². The molecule has 0 aliphatic carbocycles. The van der Waals surface area contributed by atoms with Gasteiger partial charge < -0.3 is 9.15 Å². The summed E-state index contributed by atoms with van der Waals surface area (Å²) in [5.74, 6) is 0.127. The normalized spacial score (nSPS) is 12.8. The van der Waals surface area contributed by atoms with Crippen LogP contribution in [0.15, 0.2) is 65.7 Å². The molecule has 0 spiro atoms. The second-order valence-electron chi connectivity index (χ2n) is 4.65. The lowest BCUT2D eigenvalue weighted by atomic mass is 10.00. The molecule has 0 bridgehead atoms. The SMILES string of the molecule is FC(F)(F)C(Oc1cnccn1)c1ccccc1-c1ccco1. The fourth-order valence-corrected chi connectivity index (χ4v) is 2.16. The number of ether oxygens (including phenoxy) is 1. The number of hydrogen-bond donors (Lipinski definition) is 0. The van der Waals surface area contributed by atoms with Crippen LogP contribution in [0.1, 0.15) is 11.7 Å². The number of rotatable bonds is 4. The first-order valence-electron chi connectivity index (χ1n) is 6.68. The van der Waals surface area contributed by atoms with Crippen molar-refractivity contribution in [2.75, 3.05) is 0 Å². The van der Waals surface area contributed by atoms with Gasteiger partial charge >= 0.3 is 6.18 Å². The molecule has 0 aliphatic heterocycles. The predicted molar refractivity (Wildman–Crippen MR) is 75.6 cm³/mol. The molecule has 7 heteroatoms. The smallest absolute Gasteiger partial charge is 0.429 e. The number of alkyl halides is 3. The van der Waals surface area contributed by atoms with E-state index in [2.05, 4.69) is 9.97 Å². The molecule has 0 amide bonds. The van der Waals surface area contributed by atoms with Crippen LogP contribution in [0.5, 0.6) is 5.88 Å². The molecule has 0 aliphatic rings. The van der Waals surface area contributed by atoms with E-state index in [0.717, 1.165) is 6.20 Å². The third-order valence-electron chi connectivity index (χ3n) is 3.11. The summed E-state index contributed by atoms with van der Waals surface area (Å²) in [6.07, 6.45) is -1.65. The summed E-state index contributed by atoms with van der Waals surface area (Å²) in [5, 5.41) is 0. The summed E-state index contributed by atoms with van der Waals surface area (Å²) in [5.41, 5.74) is 0.254. The second-order valence-corrected chi connectivity index (χ2v) is 4.65. The maximum absolute atomic E-state index is 13.5. The van der Waals surface area contributed by atoms with Gasteiger partial charge in [0.2, 0.25) is 12.0 Å². The third-order valence-corrected chi connectivity index (χ3v) is 3.11. The van der Waals surface area contributed by atoms with Crippen molar-refractivity contribution in [2.45, 2.75) is 12.3 Å². The Morgan fingerprint density at radius 2 is 1.87 bits per heavy atom. The molecule has 3 rings (SSSR count). The second kappa shape index (κ2) is 6.12. The molecule has 0 fully saturated rings. The lowest BCUT2D eigenvalue weighted by Gasteiger charge is -2.23. The highest BCUT2D eigenvalue weighted by molar-refractivity contribution is 5.63. The average Bonchev–Trinajstić information content (AvgIpc) is 3.07. The van der Waals surface area contributed by atoms with Crippen LogP contribution < -0.4 is 4.74 Å². The maximum Gasteiger partial charge on any atom is 0.429 e. The van der Waals surface area contributed by atoms with E-state index in [-0.39, 0.29) is 11.4 Å². The van der Waals surface area contributed by atoms with Gasteiger partial charge in [-0.15, -0.1) is 0 Å². The van der Waals surface area contributed by atoms with Crippen LogP contribution in [0.25, 0.3) is 11.3 Å². The van der Waals surface area contributed by atoms with E-state index in [4.69, 9.17) is 9.15 Å². The van der Waals surface area contributed by atoms with E-state index in [1.807, 2.05) is 0 Å². The summed E-state index contributed by atoms with van der Waals surface area (Å²) in [6, 6.07) is 9.25. The summed E-state index contributed by atoms with van der Waals surface area (Å²) >= 11 is 0. The van der Waals surface area contributed by atoms with Gasteiger partial charge in [0, 0.05) is 23.5 Å². The Balaban J connectivity index is 2.05. The number of halogens is 3. The molecule has 1 aromatic carbocycles. The van der Waals surface area contributed by atoms with Gasteiger partial charge in [-0.1, -0.05) is 24.3 Å². The number of nitrogens with zero attached hydrogens (tertiary/aromatic N) is 2. The van der Waals surface area contributed by atoms with Crippen LogP contribution >= 0.6 is 0 Å². The van der Waals surface area contributed by atoms with E-state index in [0.29, 0.717) is 11.3 Å². The van der Waals surface area contributed by atoms with Crippen LogP contribution in [0, 0.1) is 0 Å². The number of benzene rings is 1. The molecule has 3 aromatic rings. The summed E-state index contributed by atoms with van der Waals surface area (Å²) in [4.78, 5) is 7.45. The highest BCUT2D eigenvalue weighted by Crippen LogP contribution is 2.40. The molecule has 2 aromatic heterocycles. The zero-order chi connectivity index (χ0) is 16.3. The molecule has 1 atom stereocenters. The van der Waals surface area contributed by atoms with Gasteiger partial charge in [0.1, 0.15) is 5.76 Å². The fourth-order valence-electron chi connectivity index (χ4n) is 2.16. The van der Waals surface area contributed by atoms with E-state index in [1.165, 1.54) is 30.8 Å². The van der Waals surface area contributed by atoms with Gasteiger partial charge in [-0.2, -0.15) is 13.2 Å². The minimum atomic E-state index is -4.62. The van der Waals surface area contributed by atoms with E-state index in [1.54, 1.807) is 24.3 Å². The molecule has 118 valence electrons. The molecule has 23 heavy (non-hydrogen) atoms. The monoisotopic (exact) mass is 320 g/mol. The first-order chi connectivity index (χ1) is 11.1. The lowest BCUT2D eigenvalue weighted by molar-refractivity contribution is -0.198. The highest BCUT2D eigenvalue weighted by atomic mass is 19.4. The molecule has 0 saturated carbocycles. The third kappa shape index (κ3) is 3.33. The average molecular weight is 320 g/mol. The molecule has 4 nitrogen and oxygen atoms in total. The molecule has 2 heterocycles. The van der Waals surface area contributed by atoms with Gasteiger partial charge in [-0.3, -0.25) is 4.98 Å². The fraction of sp³-hybridized carbons (Fsp3) is 0.125. The Morgan fingerprint density at radius 3 is 2.52 bits per heavy atom. The Bertz CT molecular complexity index is 759. The van der Waals surface area contributed by atoms with Gasteiger partial charge in [-0.05, 0) is 12.1 Å². The van der Waals surface area contributed by atoms with Crippen molar-refractivity contribution in [1.82, 2.24) is 9.97 Å². The first-order valence-corrected chi connectivity index (χ1v) is 6.68. The van der Waals surface area contributed by atoms with Gasteiger partial charge in [-0.25, -0.2) is 4.98 Å². The maximum atomic E-state index is 13.5. The van der Waals surface area contributed by atoms with Crippen molar-refractivity contribution >= 4 is 0 Å². The first kappa shape index (κ1) is 15.1. The van der Waals surface area contributed by atoms with Crippen LogP contribution in [0.3, 0.4) is 0 Å². The van der Waals surface area contributed by atoms with Crippen molar-refractivity contribution in [3.8, 4) is 17.2 Å². The summed E-state index contributed by atoms with van der Waals surface area (Å²) in [7, 11) is 0. The van der Waals surface area contributed by atoms with E-state index < -0.39 is 12.3 Å². The van der Waals surface area contributed by atoms with Gasteiger partial charge in [0.05, 0.1) is 12.5 Å². The molecular weight excluding hydrogens is 309 g/mol. The number of aromatic nitrogens is 2. The zero-order valence-electron chi connectivity index (χ0n) is 11.7. The van der Waals surface area contributed by atoms with Crippen LogP contribution in [-0.2, 0) is 0 Å². The van der Waals surface area contributed by atoms with E-state index in [9.17, 15) is 13.2 Å². The molecular formula is C16H11F3N2O2. The largest absolute Gasteiger partial charge is 0.464 e. The molecule has 1 unspecified atom stereocenters. The Morgan fingerprint density at radius 1 is 1.04 bits per heavy atom. The minimum Gasteiger partial charge on any atom is -0.464 e. The molecule has 0 N–H and O–H groups in total. The predicted octanol–water partition coefficient (Wildman–Crippen LogP) is 4.42. The van der Waals surface area contributed by atoms with Crippen molar-refractivity contribution in [3.05, 3.63) is 66.8 Å². The van der Waals surface area contributed by atoms with Crippen molar-refractivity contribution in [2.24, 2.45) is 0 Å². The zero-order valence-corrected chi connectivity index (χ0v) is 11.7. The van der Waals surface area contributed by atoms with Crippen molar-refractivity contribution in [1.29, 1.82) is 0 Å². The lowest BCUT2D eigenvalue weighted by Crippen LogP contribution is -2.27. The van der Waals surface area contributed by atoms with Crippen LogP contribution in [0.2, 0.25) is 0 Å². The Labute approximate surface area is 129 Å². The Hall–Kier alpha value is -2.83. The number of furan rings is 1. The van der Waals surface area contributed by atoms with Crippen LogP contribution in [-0.4, -0.2) is 16.1 Å². The number of hydrogen-bond acceptors (Lipinski definition) is 4. The van der Waals surface area contributed by atoms with Crippen molar-refractivity contribution in [3.63, 3.8) is 0 Å². The Kier molecular flexibility index (Phi) is 4.01. The summed E-state index contributed by atoms with van der Waals surface area (Å²) < 4.78 is 50.8. The van der Waals surface area contributed by atoms with E-state index >= 15 is 0 Å². The highest BCUT2D eigenvalue weighted by Gasteiger charge is 2.44. The van der Waals surface area contributed by atoms with Crippen LogP contribution in [0.4, 0.5) is 13.2 Å².